The summed E-state index contributed by atoms with van der Waals surface area (Å²) in [7, 11) is 0. The summed E-state index contributed by atoms with van der Waals surface area (Å²) in [6, 6.07) is 0.627. The molecule has 0 amide bonds. The highest BCUT2D eigenvalue weighted by Gasteiger charge is 2.50. The number of nitrogens with one attached hydrogen (secondary N) is 1. The van der Waals surface area contributed by atoms with Crippen LogP contribution in [-0.4, -0.2) is 24.3 Å². The third-order valence-electron chi connectivity index (χ3n) is 5.08. The first-order chi connectivity index (χ1) is 7.61. The topological polar surface area (TPSA) is 21.3 Å². The summed E-state index contributed by atoms with van der Waals surface area (Å²) in [5, 5.41) is 3.96. The minimum absolute atomic E-state index is 0.347. The van der Waals surface area contributed by atoms with Crippen LogP contribution in [0.5, 0.6) is 0 Å². The van der Waals surface area contributed by atoms with Crippen LogP contribution in [0, 0.1) is 5.41 Å². The van der Waals surface area contributed by atoms with Crippen molar-refractivity contribution in [1.29, 1.82) is 0 Å². The lowest BCUT2D eigenvalue weighted by Crippen LogP contribution is -2.63. The van der Waals surface area contributed by atoms with Gasteiger partial charge >= 0.3 is 0 Å². The summed E-state index contributed by atoms with van der Waals surface area (Å²) in [6.07, 6.45) is 9.93. The molecule has 1 saturated heterocycles. The lowest BCUT2D eigenvalue weighted by molar-refractivity contribution is -0.0971. The van der Waals surface area contributed by atoms with Crippen LogP contribution in [0.4, 0.5) is 0 Å². The Morgan fingerprint density at radius 3 is 2.56 bits per heavy atom. The van der Waals surface area contributed by atoms with Crippen LogP contribution < -0.4 is 5.32 Å². The van der Waals surface area contributed by atoms with Gasteiger partial charge in [-0.3, -0.25) is 0 Å². The Kier molecular flexibility index (Phi) is 2.56. The van der Waals surface area contributed by atoms with Crippen LogP contribution in [-0.2, 0) is 4.74 Å². The molecule has 0 bridgehead atoms. The molecule has 0 radical (unpaired) electrons. The fourth-order valence-corrected chi connectivity index (χ4v) is 4.06. The van der Waals surface area contributed by atoms with Gasteiger partial charge in [0.2, 0.25) is 0 Å². The first kappa shape index (κ1) is 11.0. The van der Waals surface area contributed by atoms with Gasteiger partial charge in [0.05, 0.1) is 12.7 Å². The van der Waals surface area contributed by atoms with Gasteiger partial charge in [-0.15, -0.1) is 0 Å². The van der Waals surface area contributed by atoms with Crippen LogP contribution in [0.3, 0.4) is 0 Å². The molecule has 2 saturated carbocycles. The second-order valence-electron chi connectivity index (χ2n) is 6.85. The van der Waals surface area contributed by atoms with Crippen molar-refractivity contribution in [2.24, 2.45) is 5.41 Å². The van der Waals surface area contributed by atoms with E-state index in [9.17, 15) is 0 Å². The van der Waals surface area contributed by atoms with Crippen molar-refractivity contribution >= 4 is 0 Å². The lowest BCUT2D eigenvalue weighted by atomic mass is 9.79. The highest BCUT2D eigenvalue weighted by Crippen LogP contribution is 2.44. The third-order valence-corrected chi connectivity index (χ3v) is 5.08. The van der Waals surface area contributed by atoms with Crippen LogP contribution in [0.15, 0.2) is 0 Å². The van der Waals surface area contributed by atoms with Crippen molar-refractivity contribution in [3.05, 3.63) is 0 Å². The second-order valence-corrected chi connectivity index (χ2v) is 6.85. The Bertz CT molecular complexity index is 268. The summed E-state index contributed by atoms with van der Waals surface area (Å²) < 4.78 is 6.25. The second kappa shape index (κ2) is 3.71. The maximum atomic E-state index is 6.25. The zero-order valence-corrected chi connectivity index (χ0v) is 10.7. The average Bonchev–Trinajstić information content (AvgIpc) is 2.55. The maximum absolute atomic E-state index is 6.25. The van der Waals surface area contributed by atoms with Crippen molar-refractivity contribution < 1.29 is 4.74 Å². The Hall–Kier alpha value is -0.0800. The van der Waals surface area contributed by atoms with E-state index in [2.05, 4.69) is 19.2 Å². The molecule has 16 heavy (non-hydrogen) atoms. The van der Waals surface area contributed by atoms with Crippen LogP contribution in [0.25, 0.3) is 0 Å². The van der Waals surface area contributed by atoms with Crippen LogP contribution >= 0.6 is 0 Å². The van der Waals surface area contributed by atoms with E-state index in [-0.39, 0.29) is 0 Å². The first-order valence-corrected chi connectivity index (χ1v) is 7.01. The van der Waals surface area contributed by atoms with Crippen LogP contribution in [0.1, 0.15) is 58.8 Å². The Morgan fingerprint density at radius 1 is 1.06 bits per heavy atom. The molecular formula is C14H25NO. The lowest BCUT2D eigenvalue weighted by Gasteiger charge is -2.48. The SMILES string of the molecule is CC1(C)CCC2NC3(CCCCC3)COC21. The average molecular weight is 223 g/mol. The Morgan fingerprint density at radius 2 is 1.81 bits per heavy atom. The summed E-state index contributed by atoms with van der Waals surface area (Å²) >= 11 is 0. The summed E-state index contributed by atoms with van der Waals surface area (Å²) in [6.45, 7) is 5.67. The van der Waals surface area contributed by atoms with E-state index in [0.717, 1.165) is 6.61 Å². The van der Waals surface area contributed by atoms with Gasteiger partial charge in [0.25, 0.3) is 0 Å². The van der Waals surface area contributed by atoms with Crippen molar-refractivity contribution in [3.63, 3.8) is 0 Å². The molecule has 3 rings (SSSR count). The number of fused-ring (bicyclic) bond motifs is 1. The molecule has 0 aromatic rings. The fraction of sp³-hybridized carbons (Fsp3) is 1.00. The predicted molar refractivity (Wildman–Crippen MR) is 65.5 cm³/mol. The monoisotopic (exact) mass is 223 g/mol. The molecule has 1 spiro atoms. The number of rotatable bonds is 0. The highest BCUT2D eigenvalue weighted by molar-refractivity contribution is 5.05. The normalized spacial score (nSPS) is 40.9. The van der Waals surface area contributed by atoms with Crippen molar-refractivity contribution in [2.75, 3.05) is 6.61 Å². The van der Waals surface area contributed by atoms with E-state index in [0.29, 0.717) is 23.1 Å². The molecule has 2 aliphatic carbocycles. The minimum atomic E-state index is 0.347. The molecule has 2 atom stereocenters. The summed E-state index contributed by atoms with van der Waals surface area (Å²) in [5.41, 5.74) is 0.730. The predicted octanol–water partition coefficient (Wildman–Crippen LogP) is 2.87. The number of ether oxygens (including phenoxy) is 1. The van der Waals surface area contributed by atoms with Crippen LogP contribution in [0.2, 0.25) is 0 Å². The number of morpholine rings is 1. The van der Waals surface area contributed by atoms with E-state index in [1.807, 2.05) is 0 Å². The molecule has 2 nitrogen and oxygen atoms in total. The molecule has 92 valence electrons. The van der Waals surface area contributed by atoms with Gasteiger partial charge in [-0.05, 0) is 31.1 Å². The van der Waals surface area contributed by atoms with E-state index in [1.165, 1.54) is 44.9 Å². The zero-order valence-electron chi connectivity index (χ0n) is 10.7. The molecule has 2 heteroatoms. The summed E-state index contributed by atoms with van der Waals surface area (Å²) in [4.78, 5) is 0. The van der Waals surface area contributed by atoms with Gasteiger partial charge in [-0.2, -0.15) is 0 Å². The minimum Gasteiger partial charge on any atom is -0.374 e. The molecule has 1 aliphatic heterocycles. The molecule has 2 unspecified atom stereocenters. The molecule has 0 aromatic heterocycles. The Balaban J connectivity index is 1.72. The third kappa shape index (κ3) is 1.70. The van der Waals surface area contributed by atoms with Gasteiger partial charge < -0.3 is 10.1 Å². The van der Waals surface area contributed by atoms with Crippen molar-refractivity contribution in [1.82, 2.24) is 5.32 Å². The summed E-state index contributed by atoms with van der Waals surface area (Å²) in [5.74, 6) is 0. The quantitative estimate of drug-likeness (QED) is 0.682. The van der Waals surface area contributed by atoms with Crippen molar-refractivity contribution in [2.45, 2.75) is 76.5 Å². The zero-order chi connectivity index (χ0) is 11.2. The molecular weight excluding hydrogens is 198 g/mol. The van der Waals surface area contributed by atoms with E-state index in [1.54, 1.807) is 0 Å². The standard InChI is InChI=1S/C14H25NO/c1-13(2)9-6-11-12(13)16-10-14(15-11)7-4-3-5-8-14/h11-12,15H,3-10H2,1-2H3. The van der Waals surface area contributed by atoms with Crippen molar-refractivity contribution in [3.8, 4) is 0 Å². The highest BCUT2D eigenvalue weighted by atomic mass is 16.5. The van der Waals surface area contributed by atoms with Gasteiger partial charge in [0.15, 0.2) is 0 Å². The molecule has 1 heterocycles. The largest absolute Gasteiger partial charge is 0.374 e. The molecule has 3 aliphatic rings. The van der Waals surface area contributed by atoms with Gasteiger partial charge in [0, 0.05) is 11.6 Å². The van der Waals surface area contributed by atoms with E-state index < -0.39 is 0 Å². The maximum Gasteiger partial charge on any atom is 0.0779 e. The van der Waals surface area contributed by atoms with Gasteiger partial charge in [0.1, 0.15) is 0 Å². The number of hydrogen-bond donors (Lipinski definition) is 1. The van der Waals surface area contributed by atoms with Gasteiger partial charge in [-0.25, -0.2) is 0 Å². The molecule has 1 N–H and O–H groups in total. The van der Waals surface area contributed by atoms with E-state index in [4.69, 9.17) is 4.74 Å². The Labute approximate surface area is 99.1 Å². The molecule has 0 aromatic carbocycles. The van der Waals surface area contributed by atoms with E-state index >= 15 is 0 Å². The first-order valence-electron chi connectivity index (χ1n) is 7.01. The fourth-order valence-electron chi connectivity index (χ4n) is 4.06. The van der Waals surface area contributed by atoms with Gasteiger partial charge in [-0.1, -0.05) is 33.1 Å². The number of hydrogen-bond acceptors (Lipinski definition) is 2. The molecule has 3 fully saturated rings. The smallest absolute Gasteiger partial charge is 0.0779 e.